The number of nitrogens with one attached hydrogen (secondary N) is 1. The summed E-state index contributed by atoms with van der Waals surface area (Å²) in [6.45, 7) is -0.165. The summed E-state index contributed by atoms with van der Waals surface area (Å²) in [5.74, 6) is 0.438. The number of phenolic OH excluding ortho intramolecular Hbond substituents is 1. The van der Waals surface area contributed by atoms with Crippen LogP contribution in [0.1, 0.15) is 59.1 Å². The molecule has 246 valence electrons. The molecule has 3 heterocycles. The number of benzene rings is 2. The van der Waals surface area contributed by atoms with Crippen LogP contribution in [0.3, 0.4) is 0 Å². The lowest BCUT2D eigenvalue weighted by Crippen LogP contribution is -2.76. The average molecular weight is 655 g/mol. The summed E-state index contributed by atoms with van der Waals surface area (Å²) in [5.41, 5.74) is 1.26. The van der Waals surface area contributed by atoms with Crippen molar-refractivity contribution in [3.8, 4) is 5.75 Å². The highest BCUT2D eigenvalue weighted by Gasteiger charge is 2.76. The molecule has 6 atom stereocenters. The summed E-state index contributed by atoms with van der Waals surface area (Å²) in [5, 5.41) is 53.8. The number of aliphatic hydroxyl groups is 4. The molecule has 0 radical (unpaired) electrons. The number of thiazole rings is 1. The molecule has 46 heavy (non-hydrogen) atoms. The van der Waals surface area contributed by atoms with E-state index >= 15 is 0 Å². The molecule has 1 aromatic heterocycles. The molecule has 6 fully saturated rings. The second-order valence-electron chi connectivity index (χ2n) is 13.5. The van der Waals surface area contributed by atoms with E-state index < -0.39 is 48.5 Å². The van der Waals surface area contributed by atoms with Gasteiger partial charge in [-0.3, -0.25) is 4.79 Å². The van der Waals surface area contributed by atoms with Crippen LogP contribution in [0, 0.1) is 23.7 Å². The molecular weight excluding hydrogens is 616 g/mol. The van der Waals surface area contributed by atoms with Crippen LogP contribution >= 0.6 is 11.3 Å². The number of fused-ring (bicyclic) bond motifs is 1. The van der Waals surface area contributed by atoms with Gasteiger partial charge in [-0.05, 0) is 79.5 Å². The van der Waals surface area contributed by atoms with Crippen molar-refractivity contribution in [1.29, 1.82) is 0 Å². The third kappa shape index (κ3) is 4.63. The second kappa shape index (κ2) is 11.5. The molecule has 3 aromatic rings. The highest BCUT2D eigenvalue weighted by Crippen LogP contribution is 2.69. The average Bonchev–Trinajstić information content (AvgIpc) is 3.47. The van der Waals surface area contributed by atoms with Gasteiger partial charge in [-0.1, -0.05) is 24.3 Å². The minimum absolute atomic E-state index is 0.115. The van der Waals surface area contributed by atoms with E-state index in [2.05, 4.69) is 10.3 Å². The van der Waals surface area contributed by atoms with E-state index in [0.29, 0.717) is 27.9 Å². The fraction of sp³-hybridized carbons (Fsp3) is 0.576. The van der Waals surface area contributed by atoms with Gasteiger partial charge >= 0.3 is 0 Å². The molecule has 4 saturated carbocycles. The van der Waals surface area contributed by atoms with E-state index in [1.165, 1.54) is 23.8 Å². The number of ether oxygens (including phenoxy) is 2. The predicted octanol–water partition coefficient (Wildman–Crippen LogP) is 2.27. The summed E-state index contributed by atoms with van der Waals surface area (Å²) >= 11 is 1.20. The van der Waals surface area contributed by atoms with Gasteiger partial charge in [0, 0.05) is 12.1 Å². The topological polar surface area (TPSA) is 180 Å². The lowest BCUT2D eigenvalue weighted by atomic mass is 9.47. The van der Waals surface area contributed by atoms with Gasteiger partial charge in [0.2, 0.25) is 0 Å². The first-order valence-corrected chi connectivity index (χ1v) is 16.8. The molecule has 1 spiro atoms. The molecule has 12 nitrogen and oxygen atoms in total. The maximum Gasteiger partial charge on any atom is 0.280 e. The van der Waals surface area contributed by atoms with Crippen LogP contribution < -0.4 is 5.32 Å². The molecule has 2 saturated heterocycles. The largest absolute Gasteiger partial charge is 0.508 e. The molecule has 4 bridgehead atoms. The Bertz CT molecular complexity index is 1590. The summed E-state index contributed by atoms with van der Waals surface area (Å²) in [4.78, 5) is 29.6. The first-order valence-electron chi connectivity index (χ1n) is 16.0. The Balaban J connectivity index is 1.04. The van der Waals surface area contributed by atoms with E-state index in [9.17, 15) is 30.3 Å². The first kappa shape index (κ1) is 30.6. The number of phenols is 1. The van der Waals surface area contributed by atoms with Crippen LogP contribution in [0.4, 0.5) is 0 Å². The lowest BCUT2D eigenvalue weighted by molar-refractivity contribution is -0.648. The Morgan fingerprint density at radius 3 is 2.33 bits per heavy atom. The van der Waals surface area contributed by atoms with Crippen LogP contribution in [0.5, 0.6) is 5.75 Å². The van der Waals surface area contributed by atoms with Gasteiger partial charge in [-0.25, -0.2) is 9.87 Å². The predicted molar refractivity (Wildman–Crippen MR) is 162 cm³/mol. The highest BCUT2D eigenvalue weighted by atomic mass is 32.1. The van der Waals surface area contributed by atoms with Crippen molar-refractivity contribution in [2.45, 2.75) is 74.0 Å². The fourth-order valence-electron chi connectivity index (χ4n) is 8.98. The van der Waals surface area contributed by atoms with Crippen molar-refractivity contribution in [2.75, 3.05) is 19.8 Å². The minimum Gasteiger partial charge on any atom is -0.508 e. The van der Waals surface area contributed by atoms with Crippen molar-refractivity contribution in [2.24, 2.45) is 23.7 Å². The summed E-state index contributed by atoms with van der Waals surface area (Å²) in [6, 6.07) is 12.0. The van der Waals surface area contributed by atoms with Crippen molar-refractivity contribution < 1.29 is 49.6 Å². The number of aromatic hydroxyl groups is 1. The fourth-order valence-corrected chi connectivity index (χ4v) is 9.90. The number of amides is 1. The molecule has 1 amide bonds. The number of nitrogens with zero attached hydrogens (tertiary/aromatic N) is 1. The molecule has 9 rings (SSSR count). The third-order valence-corrected chi connectivity index (χ3v) is 12.0. The molecule has 2 aromatic carbocycles. The number of aliphatic hydroxyl groups excluding tert-OH is 4. The van der Waals surface area contributed by atoms with E-state index in [1.54, 1.807) is 24.3 Å². The maximum absolute atomic E-state index is 13.0. The zero-order valence-corrected chi connectivity index (χ0v) is 25.8. The number of rotatable bonds is 8. The monoisotopic (exact) mass is 654 g/mol. The maximum atomic E-state index is 13.0. The van der Waals surface area contributed by atoms with Gasteiger partial charge in [0.15, 0.2) is 10.6 Å². The number of carbonyl (C=O) groups excluding carboxylic acids is 1. The van der Waals surface area contributed by atoms with Gasteiger partial charge in [0.1, 0.15) is 36.3 Å². The van der Waals surface area contributed by atoms with E-state index in [1.807, 2.05) is 12.1 Å². The molecule has 6 N–H and O–H groups in total. The van der Waals surface area contributed by atoms with Crippen LogP contribution in [-0.2, 0) is 25.0 Å². The van der Waals surface area contributed by atoms with Crippen LogP contribution in [0.25, 0.3) is 10.2 Å². The van der Waals surface area contributed by atoms with Crippen molar-refractivity contribution >= 4 is 27.5 Å². The first-order chi connectivity index (χ1) is 22.2. The second-order valence-corrected chi connectivity index (χ2v) is 14.6. The molecule has 13 heteroatoms. The van der Waals surface area contributed by atoms with Gasteiger partial charge in [0.05, 0.1) is 23.4 Å². The Morgan fingerprint density at radius 2 is 1.67 bits per heavy atom. The van der Waals surface area contributed by atoms with E-state index in [0.717, 1.165) is 35.9 Å². The molecule has 2 aliphatic heterocycles. The third-order valence-electron chi connectivity index (χ3n) is 10.9. The normalized spacial score (nSPS) is 39.5. The number of hydrogen-bond donors (Lipinski definition) is 6. The lowest BCUT2D eigenvalue weighted by Gasteiger charge is -2.69. The molecule has 4 aliphatic carbocycles. The molecular formula is C33H38N2O10S. The standard InChI is InChI=1S/C33H38N2O10S/c36-15-24-26(38)27(39)28(40)29(43-24)18-1-3-19(4-2-18)33(32(44-45-33)20-10-16-9-17(12-20)13-21(32)11-16)42-8-7-34-30(41)31-35-23-6-5-22(37)14-25(23)46-31/h1-6,14,16-17,20-21,24,26-29,36-40H,7-13,15H2,(H,34,41)/t16?,17?,20?,21?,24-,26+,27+,28-,29+,32?,33?/m1/s1. The number of carbonyl (C=O) groups is 1. The number of aromatic nitrogens is 1. The van der Waals surface area contributed by atoms with Crippen LogP contribution in [0.15, 0.2) is 42.5 Å². The quantitative estimate of drug-likeness (QED) is 0.155. The van der Waals surface area contributed by atoms with E-state index in [4.69, 9.17) is 19.2 Å². The van der Waals surface area contributed by atoms with E-state index in [-0.39, 0.29) is 36.6 Å². The van der Waals surface area contributed by atoms with Crippen LogP contribution in [-0.4, -0.2) is 86.2 Å². The Kier molecular flexibility index (Phi) is 7.63. The molecule has 1 unspecified atom stereocenters. The Hall–Kier alpha value is -2.72. The molecule has 6 aliphatic rings. The highest BCUT2D eigenvalue weighted by molar-refractivity contribution is 7.20. The summed E-state index contributed by atoms with van der Waals surface area (Å²) in [7, 11) is 0. The van der Waals surface area contributed by atoms with Gasteiger partial charge in [-0.15, -0.1) is 11.3 Å². The smallest absolute Gasteiger partial charge is 0.280 e. The van der Waals surface area contributed by atoms with Gasteiger partial charge in [-0.2, -0.15) is 4.89 Å². The number of hydrogen-bond acceptors (Lipinski definition) is 12. The van der Waals surface area contributed by atoms with Crippen LogP contribution in [0.2, 0.25) is 0 Å². The van der Waals surface area contributed by atoms with Crippen molar-refractivity contribution in [3.05, 3.63) is 58.6 Å². The summed E-state index contributed by atoms with van der Waals surface area (Å²) < 4.78 is 13.2. The van der Waals surface area contributed by atoms with Gasteiger partial charge in [0.25, 0.3) is 11.7 Å². The Morgan fingerprint density at radius 1 is 0.957 bits per heavy atom. The van der Waals surface area contributed by atoms with Crippen molar-refractivity contribution in [1.82, 2.24) is 10.3 Å². The minimum atomic E-state index is -1.48. The summed E-state index contributed by atoms with van der Waals surface area (Å²) in [6.07, 6.45) is -0.811. The zero-order chi connectivity index (χ0) is 31.8. The van der Waals surface area contributed by atoms with Gasteiger partial charge < -0.3 is 40.3 Å². The zero-order valence-electron chi connectivity index (χ0n) is 25.0. The van der Waals surface area contributed by atoms with Crippen molar-refractivity contribution in [3.63, 3.8) is 0 Å². The SMILES string of the molecule is O=C(NCCOC1(c2ccc([C@@H]3O[C@H](CO)[C@H](O)[C@H](O)[C@H]3O)cc2)OOC12C1CC3CC(C1)CC2C3)c1nc2ccc(O)cc2s1. The Labute approximate surface area is 268 Å².